The van der Waals surface area contributed by atoms with Gasteiger partial charge in [-0.1, -0.05) is 36.0 Å². The van der Waals surface area contributed by atoms with Crippen molar-refractivity contribution in [1.82, 2.24) is 0 Å². The van der Waals surface area contributed by atoms with Crippen LogP contribution in [0.2, 0.25) is 0 Å². The Kier molecular flexibility index (Phi) is 4.80. The van der Waals surface area contributed by atoms with Crippen molar-refractivity contribution in [2.24, 2.45) is 10.7 Å². The highest BCUT2D eigenvalue weighted by Crippen LogP contribution is 2.18. The monoisotopic (exact) mass is 281 g/mol. The van der Waals surface area contributed by atoms with E-state index in [1.165, 1.54) is 11.8 Å². The summed E-state index contributed by atoms with van der Waals surface area (Å²) in [5, 5.41) is 9.28. The van der Waals surface area contributed by atoms with E-state index in [0.29, 0.717) is 10.7 Å². The van der Waals surface area contributed by atoms with Gasteiger partial charge in [0.25, 0.3) is 0 Å². The molecular weight excluding hydrogens is 266 g/mol. The van der Waals surface area contributed by atoms with Crippen LogP contribution >= 0.6 is 11.8 Å². The second kappa shape index (κ2) is 6.78. The molecule has 3 nitrogen and oxygen atoms in total. The van der Waals surface area contributed by atoms with Crippen LogP contribution in [0, 0.1) is 18.3 Å². The van der Waals surface area contributed by atoms with E-state index in [-0.39, 0.29) is 0 Å². The largest absolute Gasteiger partial charge is 0.378 e. The third-order valence-electron chi connectivity index (χ3n) is 2.71. The van der Waals surface area contributed by atoms with Crippen LogP contribution in [0.1, 0.15) is 16.7 Å². The van der Waals surface area contributed by atoms with Gasteiger partial charge in [0.15, 0.2) is 5.17 Å². The zero-order chi connectivity index (χ0) is 14.4. The lowest BCUT2D eigenvalue weighted by Crippen LogP contribution is -2.06. The molecule has 0 saturated carbocycles. The minimum absolute atomic E-state index is 0.542. The van der Waals surface area contributed by atoms with Crippen LogP contribution in [-0.2, 0) is 5.75 Å². The number of hydrogen-bond donors (Lipinski definition) is 1. The molecule has 2 rings (SSSR count). The lowest BCUT2D eigenvalue weighted by Gasteiger charge is -2.02. The molecule has 0 spiro atoms. The van der Waals surface area contributed by atoms with Crippen LogP contribution in [0.15, 0.2) is 53.5 Å². The van der Waals surface area contributed by atoms with E-state index in [2.05, 4.69) is 11.1 Å². The highest BCUT2D eigenvalue weighted by Gasteiger charge is 1.99. The summed E-state index contributed by atoms with van der Waals surface area (Å²) in [6, 6.07) is 17.5. The van der Waals surface area contributed by atoms with E-state index in [4.69, 9.17) is 11.0 Å². The fraction of sp³-hybridized carbons (Fsp3) is 0.125. The maximum atomic E-state index is 8.74. The van der Waals surface area contributed by atoms with Gasteiger partial charge >= 0.3 is 0 Å². The standard InChI is InChI=1S/C16H15N3S/c1-12-3-2-4-15(9-12)19-16(18)20-11-14-7-5-13(10-17)6-8-14/h2-9H,11H2,1H3,(H2,18,19). The molecule has 0 aliphatic heterocycles. The third kappa shape index (κ3) is 4.15. The predicted octanol–water partition coefficient (Wildman–Crippen LogP) is 3.75. The van der Waals surface area contributed by atoms with Crippen LogP contribution in [0.25, 0.3) is 0 Å². The highest BCUT2D eigenvalue weighted by atomic mass is 32.2. The van der Waals surface area contributed by atoms with Gasteiger partial charge < -0.3 is 5.73 Å². The zero-order valence-corrected chi connectivity index (χ0v) is 12.0. The molecule has 20 heavy (non-hydrogen) atoms. The molecule has 0 radical (unpaired) electrons. The average Bonchev–Trinajstić information content (AvgIpc) is 2.46. The number of nitrogens with two attached hydrogens (primary N) is 1. The van der Waals surface area contributed by atoms with Crippen LogP contribution in [0.4, 0.5) is 5.69 Å². The van der Waals surface area contributed by atoms with Crippen molar-refractivity contribution in [1.29, 1.82) is 5.26 Å². The SMILES string of the molecule is Cc1cccc(N=C(N)SCc2ccc(C#N)cc2)c1. The predicted molar refractivity (Wildman–Crippen MR) is 84.9 cm³/mol. The maximum Gasteiger partial charge on any atom is 0.159 e. The number of nitriles is 1. The van der Waals surface area contributed by atoms with Gasteiger partial charge in [0.1, 0.15) is 0 Å². The number of aryl methyl sites for hydroxylation is 1. The molecule has 2 aromatic rings. The number of aliphatic imine (C=N–C) groups is 1. The smallest absolute Gasteiger partial charge is 0.159 e. The van der Waals surface area contributed by atoms with Crippen molar-refractivity contribution in [3.63, 3.8) is 0 Å². The number of rotatable bonds is 3. The molecule has 2 N–H and O–H groups in total. The van der Waals surface area contributed by atoms with Crippen molar-refractivity contribution in [3.8, 4) is 6.07 Å². The summed E-state index contributed by atoms with van der Waals surface area (Å²) < 4.78 is 0. The first kappa shape index (κ1) is 14.2. The van der Waals surface area contributed by atoms with E-state index < -0.39 is 0 Å². The summed E-state index contributed by atoms with van der Waals surface area (Å²) in [5.41, 5.74) is 9.74. The Labute approximate surface area is 123 Å². The fourth-order valence-electron chi connectivity index (χ4n) is 1.69. The Balaban J connectivity index is 1.97. The number of hydrogen-bond acceptors (Lipinski definition) is 3. The molecule has 2 aromatic carbocycles. The number of nitrogens with zero attached hydrogens (tertiary/aromatic N) is 2. The van der Waals surface area contributed by atoms with Gasteiger partial charge in [0.05, 0.1) is 17.3 Å². The average molecular weight is 281 g/mol. The van der Waals surface area contributed by atoms with Crippen LogP contribution in [0.5, 0.6) is 0 Å². The number of benzene rings is 2. The van der Waals surface area contributed by atoms with E-state index in [1.54, 1.807) is 0 Å². The van der Waals surface area contributed by atoms with Crippen LogP contribution < -0.4 is 5.73 Å². The Hall–Kier alpha value is -2.25. The van der Waals surface area contributed by atoms with Crippen LogP contribution in [0.3, 0.4) is 0 Å². The van der Waals surface area contributed by atoms with E-state index >= 15 is 0 Å². The molecule has 0 aliphatic carbocycles. The lowest BCUT2D eigenvalue weighted by molar-refractivity contribution is 1.39. The Morgan fingerprint density at radius 2 is 2.00 bits per heavy atom. The third-order valence-corrected chi connectivity index (χ3v) is 3.58. The lowest BCUT2D eigenvalue weighted by atomic mass is 10.2. The molecule has 0 unspecified atom stereocenters. The molecule has 0 aliphatic rings. The quantitative estimate of drug-likeness (QED) is 0.688. The van der Waals surface area contributed by atoms with Gasteiger partial charge in [-0.05, 0) is 42.3 Å². The first-order chi connectivity index (χ1) is 9.67. The van der Waals surface area contributed by atoms with E-state index in [1.807, 2.05) is 55.5 Å². The normalized spacial score (nSPS) is 11.1. The molecule has 0 bridgehead atoms. The Morgan fingerprint density at radius 1 is 1.25 bits per heavy atom. The van der Waals surface area contributed by atoms with Crippen molar-refractivity contribution in [2.75, 3.05) is 0 Å². The molecule has 0 fully saturated rings. The summed E-state index contributed by atoms with van der Waals surface area (Å²) in [7, 11) is 0. The van der Waals surface area contributed by atoms with Crippen molar-refractivity contribution >= 4 is 22.6 Å². The molecule has 0 aromatic heterocycles. The first-order valence-corrected chi connectivity index (χ1v) is 7.18. The number of thioether (sulfide) groups is 1. The van der Waals surface area contributed by atoms with Crippen molar-refractivity contribution in [3.05, 3.63) is 65.2 Å². The van der Waals surface area contributed by atoms with E-state index in [9.17, 15) is 0 Å². The van der Waals surface area contributed by atoms with Gasteiger partial charge in [-0.15, -0.1) is 0 Å². The zero-order valence-electron chi connectivity index (χ0n) is 11.2. The first-order valence-electron chi connectivity index (χ1n) is 6.20. The Morgan fingerprint density at radius 3 is 2.65 bits per heavy atom. The summed E-state index contributed by atoms with van der Waals surface area (Å²) in [6.45, 7) is 2.03. The molecule has 0 heterocycles. The fourth-order valence-corrected chi connectivity index (χ4v) is 2.37. The molecule has 0 amide bonds. The Bertz CT molecular complexity index is 654. The summed E-state index contributed by atoms with van der Waals surface area (Å²) in [5.74, 6) is 0.743. The highest BCUT2D eigenvalue weighted by molar-refractivity contribution is 8.13. The summed E-state index contributed by atoms with van der Waals surface area (Å²) in [6.07, 6.45) is 0. The maximum absolute atomic E-state index is 8.74. The minimum atomic E-state index is 0.542. The van der Waals surface area contributed by atoms with E-state index in [0.717, 1.165) is 22.6 Å². The van der Waals surface area contributed by atoms with Gasteiger partial charge in [0.2, 0.25) is 0 Å². The second-order valence-electron chi connectivity index (χ2n) is 4.39. The second-order valence-corrected chi connectivity index (χ2v) is 5.38. The number of amidine groups is 1. The minimum Gasteiger partial charge on any atom is -0.378 e. The summed E-state index contributed by atoms with van der Waals surface area (Å²) >= 11 is 1.49. The van der Waals surface area contributed by atoms with Gasteiger partial charge in [-0.25, -0.2) is 4.99 Å². The van der Waals surface area contributed by atoms with Crippen molar-refractivity contribution < 1.29 is 0 Å². The molecule has 0 saturated heterocycles. The van der Waals surface area contributed by atoms with Crippen LogP contribution in [-0.4, -0.2) is 5.17 Å². The van der Waals surface area contributed by atoms with Crippen molar-refractivity contribution in [2.45, 2.75) is 12.7 Å². The van der Waals surface area contributed by atoms with Gasteiger partial charge in [-0.2, -0.15) is 5.26 Å². The summed E-state index contributed by atoms with van der Waals surface area (Å²) in [4.78, 5) is 4.37. The molecule has 100 valence electrons. The van der Waals surface area contributed by atoms with Gasteiger partial charge in [-0.3, -0.25) is 0 Å². The molecular formula is C16H15N3S. The molecule has 4 heteroatoms. The topological polar surface area (TPSA) is 62.2 Å². The molecule has 0 atom stereocenters. The van der Waals surface area contributed by atoms with Gasteiger partial charge in [0, 0.05) is 5.75 Å².